The molecule has 4 nitrogen and oxygen atoms in total. The van der Waals surface area contributed by atoms with Crippen molar-refractivity contribution in [1.29, 1.82) is 0 Å². The Morgan fingerprint density at radius 3 is 2.75 bits per heavy atom. The molecule has 3 atom stereocenters. The van der Waals surface area contributed by atoms with Crippen molar-refractivity contribution >= 4 is 11.0 Å². The molecule has 5 heteroatoms. The molecule has 0 bridgehead atoms. The van der Waals surface area contributed by atoms with Crippen LogP contribution in [-0.2, 0) is 4.74 Å². The van der Waals surface area contributed by atoms with Gasteiger partial charge in [-0.05, 0) is 39.0 Å². The smallest absolute Gasteiger partial charge is 0.125 e. The largest absolute Gasteiger partial charge is 0.373 e. The minimum absolute atomic E-state index is 0.166. The molecule has 3 unspecified atom stereocenters. The van der Waals surface area contributed by atoms with E-state index in [0.29, 0.717) is 0 Å². The van der Waals surface area contributed by atoms with E-state index in [-0.39, 0.29) is 24.1 Å². The quantitative estimate of drug-likeness (QED) is 0.917. The number of imidazole rings is 1. The molecule has 1 N–H and O–H groups in total. The summed E-state index contributed by atoms with van der Waals surface area (Å²) in [6.07, 6.45) is 0.450. The van der Waals surface area contributed by atoms with Crippen LogP contribution in [-0.4, -0.2) is 40.2 Å². The van der Waals surface area contributed by atoms with Crippen LogP contribution in [0.1, 0.15) is 32.6 Å². The Balaban J connectivity index is 1.86. The van der Waals surface area contributed by atoms with Gasteiger partial charge in [0.05, 0.1) is 29.3 Å². The summed E-state index contributed by atoms with van der Waals surface area (Å²) in [4.78, 5) is 10.2. The van der Waals surface area contributed by atoms with E-state index < -0.39 is 0 Å². The Morgan fingerprint density at radius 2 is 2.05 bits per heavy atom. The Kier molecular flexibility index (Phi) is 3.48. The zero-order chi connectivity index (χ0) is 14.3. The van der Waals surface area contributed by atoms with Crippen molar-refractivity contribution in [3.8, 4) is 0 Å². The molecule has 0 spiro atoms. The molecule has 1 aliphatic heterocycles. The van der Waals surface area contributed by atoms with Gasteiger partial charge in [0.25, 0.3) is 0 Å². The number of halogens is 1. The molecule has 3 rings (SSSR count). The Hall–Kier alpha value is -1.46. The summed E-state index contributed by atoms with van der Waals surface area (Å²) in [7, 11) is 0. The Bertz CT molecular complexity index is 602. The molecule has 2 heterocycles. The predicted octanol–water partition coefficient (Wildman–Crippen LogP) is 2.87. The zero-order valence-corrected chi connectivity index (χ0v) is 12.1. The number of nitrogens with one attached hydrogen (secondary N) is 1. The van der Waals surface area contributed by atoms with Gasteiger partial charge < -0.3 is 9.72 Å². The van der Waals surface area contributed by atoms with E-state index >= 15 is 0 Å². The minimum Gasteiger partial charge on any atom is -0.373 e. The molecule has 1 saturated heterocycles. The van der Waals surface area contributed by atoms with Crippen LogP contribution in [0, 0.1) is 5.82 Å². The van der Waals surface area contributed by atoms with Crippen LogP contribution in [0.15, 0.2) is 18.2 Å². The first-order valence-corrected chi connectivity index (χ1v) is 7.07. The van der Waals surface area contributed by atoms with Gasteiger partial charge in [0.15, 0.2) is 0 Å². The molecule has 1 aliphatic rings. The molecule has 0 saturated carbocycles. The maximum atomic E-state index is 13.2. The van der Waals surface area contributed by atoms with E-state index in [0.717, 1.165) is 29.9 Å². The van der Waals surface area contributed by atoms with Crippen LogP contribution in [0.2, 0.25) is 0 Å². The maximum Gasteiger partial charge on any atom is 0.125 e. The normalized spacial score (nSPS) is 26.0. The summed E-state index contributed by atoms with van der Waals surface area (Å²) in [5.41, 5.74) is 1.56. The standard InChI is InChI=1S/C15H20FN3O/c1-9-7-19(8-10(2)20-9)11(3)15-17-13-5-4-12(16)6-14(13)18-15/h4-6,9-11H,7-8H2,1-3H3,(H,17,18). The summed E-state index contributed by atoms with van der Waals surface area (Å²) < 4.78 is 19.0. The highest BCUT2D eigenvalue weighted by Gasteiger charge is 2.27. The van der Waals surface area contributed by atoms with Gasteiger partial charge in [0, 0.05) is 13.1 Å². The fourth-order valence-corrected chi connectivity index (χ4v) is 2.91. The van der Waals surface area contributed by atoms with Crippen molar-refractivity contribution in [3.63, 3.8) is 0 Å². The van der Waals surface area contributed by atoms with Gasteiger partial charge in [0.2, 0.25) is 0 Å². The lowest BCUT2D eigenvalue weighted by Gasteiger charge is -2.38. The SMILES string of the molecule is CC1CN(C(C)c2nc3ccc(F)cc3[nH]2)CC(C)O1. The number of rotatable bonds is 2. The Morgan fingerprint density at radius 1 is 1.35 bits per heavy atom. The van der Waals surface area contributed by atoms with Crippen molar-refractivity contribution in [1.82, 2.24) is 14.9 Å². The lowest BCUT2D eigenvalue weighted by atomic mass is 10.1. The van der Waals surface area contributed by atoms with Gasteiger partial charge in [-0.15, -0.1) is 0 Å². The third kappa shape index (κ3) is 2.55. The summed E-state index contributed by atoms with van der Waals surface area (Å²) in [5, 5.41) is 0. The molecule has 0 amide bonds. The third-order valence-electron chi connectivity index (χ3n) is 3.85. The molecule has 0 radical (unpaired) electrons. The second-order valence-corrected chi connectivity index (χ2v) is 5.67. The van der Waals surface area contributed by atoms with Crippen LogP contribution >= 0.6 is 0 Å². The van der Waals surface area contributed by atoms with Crippen LogP contribution in [0.25, 0.3) is 11.0 Å². The number of H-pyrrole nitrogens is 1. The van der Waals surface area contributed by atoms with Gasteiger partial charge in [-0.3, -0.25) is 4.90 Å². The van der Waals surface area contributed by atoms with Gasteiger partial charge in [-0.25, -0.2) is 9.37 Å². The van der Waals surface area contributed by atoms with Crippen LogP contribution in [0.4, 0.5) is 4.39 Å². The summed E-state index contributed by atoms with van der Waals surface area (Å²) in [5.74, 6) is 0.640. The number of aromatic amines is 1. The summed E-state index contributed by atoms with van der Waals surface area (Å²) in [6.45, 7) is 8.07. The molecule has 1 aromatic carbocycles. The van der Waals surface area contributed by atoms with E-state index in [1.807, 2.05) is 0 Å². The average Bonchev–Trinajstić information content (AvgIpc) is 2.79. The van der Waals surface area contributed by atoms with Crippen molar-refractivity contribution in [2.45, 2.75) is 39.0 Å². The van der Waals surface area contributed by atoms with Gasteiger partial charge >= 0.3 is 0 Å². The number of hydrogen-bond donors (Lipinski definition) is 1. The van der Waals surface area contributed by atoms with Crippen molar-refractivity contribution in [3.05, 3.63) is 29.8 Å². The molecule has 108 valence electrons. The number of nitrogens with zero attached hydrogens (tertiary/aromatic N) is 2. The lowest BCUT2D eigenvalue weighted by Crippen LogP contribution is -2.46. The van der Waals surface area contributed by atoms with Gasteiger partial charge in [0.1, 0.15) is 11.6 Å². The first-order valence-electron chi connectivity index (χ1n) is 7.07. The van der Waals surface area contributed by atoms with E-state index in [1.165, 1.54) is 12.1 Å². The van der Waals surface area contributed by atoms with Gasteiger partial charge in [-0.1, -0.05) is 0 Å². The second kappa shape index (κ2) is 5.14. The molecular formula is C15H20FN3O. The zero-order valence-electron chi connectivity index (χ0n) is 12.1. The minimum atomic E-state index is -0.242. The van der Waals surface area contributed by atoms with Crippen LogP contribution in [0.3, 0.4) is 0 Å². The number of benzene rings is 1. The monoisotopic (exact) mass is 277 g/mol. The predicted molar refractivity (Wildman–Crippen MR) is 76.0 cm³/mol. The number of morpholine rings is 1. The fourth-order valence-electron chi connectivity index (χ4n) is 2.91. The molecular weight excluding hydrogens is 257 g/mol. The molecule has 1 aromatic heterocycles. The number of fused-ring (bicyclic) bond motifs is 1. The van der Waals surface area contributed by atoms with Crippen LogP contribution < -0.4 is 0 Å². The van der Waals surface area contributed by atoms with Crippen LogP contribution in [0.5, 0.6) is 0 Å². The summed E-state index contributed by atoms with van der Waals surface area (Å²) in [6, 6.07) is 4.81. The number of ether oxygens (including phenoxy) is 1. The summed E-state index contributed by atoms with van der Waals surface area (Å²) >= 11 is 0. The van der Waals surface area contributed by atoms with Gasteiger partial charge in [-0.2, -0.15) is 0 Å². The van der Waals surface area contributed by atoms with Crippen molar-refractivity contribution in [2.75, 3.05) is 13.1 Å². The average molecular weight is 277 g/mol. The van der Waals surface area contributed by atoms with E-state index in [9.17, 15) is 4.39 Å². The Labute approximate surface area is 117 Å². The number of aromatic nitrogens is 2. The fraction of sp³-hybridized carbons (Fsp3) is 0.533. The highest BCUT2D eigenvalue weighted by molar-refractivity contribution is 5.75. The lowest BCUT2D eigenvalue weighted by molar-refractivity contribution is -0.0797. The first-order chi connectivity index (χ1) is 9.52. The first kappa shape index (κ1) is 13.5. The number of hydrogen-bond acceptors (Lipinski definition) is 3. The second-order valence-electron chi connectivity index (χ2n) is 5.67. The van der Waals surface area contributed by atoms with Crippen molar-refractivity contribution in [2.24, 2.45) is 0 Å². The van der Waals surface area contributed by atoms with Crippen molar-refractivity contribution < 1.29 is 9.13 Å². The third-order valence-corrected chi connectivity index (χ3v) is 3.85. The highest BCUT2D eigenvalue weighted by atomic mass is 19.1. The maximum absolute atomic E-state index is 13.2. The van der Waals surface area contributed by atoms with E-state index in [1.54, 1.807) is 6.07 Å². The molecule has 2 aromatic rings. The topological polar surface area (TPSA) is 41.2 Å². The molecule has 1 fully saturated rings. The molecule has 20 heavy (non-hydrogen) atoms. The van der Waals surface area contributed by atoms with E-state index in [2.05, 4.69) is 35.6 Å². The van der Waals surface area contributed by atoms with E-state index in [4.69, 9.17) is 4.74 Å². The molecule has 0 aliphatic carbocycles. The highest BCUT2D eigenvalue weighted by Crippen LogP contribution is 2.24.